The van der Waals surface area contributed by atoms with Crippen molar-refractivity contribution in [2.24, 2.45) is 5.92 Å². The highest BCUT2D eigenvalue weighted by molar-refractivity contribution is 7.09. The third kappa shape index (κ3) is 7.84. The predicted octanol–water partition coefficient (Wildman–Crippen LogP) is 3.88. The second-order valence-electron chi connectivity index (χ2n) is 7.79. The van der Waals surface area contributed by atoms with E-state index in [4.69, 9.17) is 19.4 Å². The van der Waals surface area contributed by atoms with Crippen molar-refractivity contribution in [3.05, 3.63) is 16.1 Å². The molecule has 2 saturated heterocycles. The van der Waals surface area contributed by atoms with Crippen LogP contribution in [0, 0.1) is 12.8 Å². The molecule has 2 aliphatic heterocycles. The molecule has 0 spiro atoms. The first-order valence-corrected chi connectivity index (χ1v) is 10.6. The van der Waals surface area contributed by atoms with Crippen LogP contribution >= 0.6 is 11.3 Å². The summed E-state index contributed by atoms with van der Waals surface area (Å²) in [6.07, 6.45) is -0.910. The van der Waals surface area contributed by atoms with Crippen LogP contribution in [0.15, 0.2) is 5.38 Å². The summed E-state index contributed by atoms with van der Waals surface area (Å²) >= 11 is 1.74. The average Bonchev–Trinajstić information content (AvgIpc) is 3.21. The number of nitrogens with zero attached hydrogens (tertiary/aromatic N) is 2. The second kappa shape index (κ2) is 10.7. The number of aliphatic carboxylic acids is 1. The molecule has 2 aliphatic rings. The number of thiazole rings is 1. The van der Waals surface area contributed by atoms with Crippen LogP contribution in [-0.4, -0.2) is 65.1 Å². The average molecular weight is 439 g/mol. The van der Waals surface area contributed by atoms with Gasteiger partial charge in [0.25, 0.3) is 0 Å². The Hall–Kier alpha value is -1.23. The first-order chi connectivity index (χ1) is 13.6. The maximum atomic E-state index is 10.6. The third-order valence-corrected chi connectivity index (χ3v) is 5.60. The van der Waals surface area contributed by atoms with Crippen LogP contribution in [0.25, 0.3) is 0 Å². The van der Waals surface area contributed by atoms with Gasteiger partial charge in [0, 0.05) is 31.1 Å². The first-order valence-electron chi connectivity index (χ1n) is 9.74. The van der Waals surface area contributed by atoms with Gasteiger partial charge in [0.2, 0.25) is 0 Å². The van der Waals surface area contributed by atoms with Crippen LogP contribution in [0.5, 0.6) is 0 Å². The highest BCUT2D eigenvalue weighted by atomic mass is 32.1. The van der Waals surface area contributed by atoms with Gasteiger partial charge in [-0.25, -0.2) is 9.78 Å². The standard InChI is InChI=1S/C17H28N2O2S.C2HF3O2/c1-12(2)9-20-10-15-4-5-16-17(21-15)6-7-19(16)8-14-11-22-13(3)18-14;3-2(4,5)1(6)7/h11-12,15-17H,4-10H2,1-3H3;(H,6,7)/t15-,16+,17+;/m1./s1. The number of carboxylic acid groups (broad SMARTS) is 1. The smallest absolute Gasteiger partial charge is 0.475 e. The number of carbonyl (C=O) groups is 1. The molecule has 1 aromatic rings. The van der Waals surface area contributed by atoms with Gasteiger partial charge in [-0.3, -0.25) is 4.90 Å². The normalized spacial score (nSPS) is 24.9. The summed E-state index contributed by atoms with van der Waals surface area (Å²) in [5.41, 5.74) is 1.21. The summed E-state index contributed by atoms with van der Waals surface area (Å²) in [6.45, 7) is 10.1. The van der Waals surface area contributed by atoms with E-state index in [0.717, 1.165) is 44.2 Å². The Morgan fingerprint density at radius 3 is 2.66 bits per heavy atom. The SMILES string of the molecule is Cc1nc(CN2CC[C@@H]3O[C@@H](COCC(C)C)CC[C@@H]32)cs1.O=C(O)C(F)(F)F. The zero-order chi connectivity index (χ0) is 21.6. The van der Waals surface area contributed by atoms with Gasteiger partial charge in [-0.15, -0.1) is 11.3 Å². The van der Waals surface area contributed by atoms with Gasteiger partial charge in [-0.05, 0) is 32.1 Å². The van der Waals surface area contributed by atoms with Crippen molar-refractivity contribution in [2.45, 2.75) is 71.0 Å². The molecule has 0 unspecified atom stereocenters. The fourth-order valence-electron chi connectivity index (χ4n) is 3.53. The first kappa shape index (κ1) is 24.0. The molecule has 166 valence electrons. The van der Waals surface area contributed by atoms with Gasteiger partial charge in [-0.2, -0.15) is 13.2 Å². The number of ether oxygens (including phenoxy) is 2. The molecule has 0 radical (unpaired) electrons. The van der Waals surface area contributed by atoms with E-state index in [1.807, 2.05) is 0 Å². The molecule has 0 aliphatic carbocycles. The minimum absolute atomic E-state index is 0.293. The molecule has 0 amide bonds. The largest absolute Gasteiger partial charge is 0.490 e. The lowest BCUT2D eigenvalue weighted by atomic mass is 9.99. The Labute approximate surface area is 173 Å². The number of likely N-dealkylation sites (tertiary alicyclic amines) is 1. The quantitative estimate of drug-likeness (QED) is 0.727. The Bertz CT molecular complexity index is 654. The maximum Gasteiger partial charge on any atom is 0.490 e. The van der Waals surface area contributed by atoms with Crippen LogP contribution in [0.2, 0.25) is 0 Å². The van der Waals surface area contributed by atoms with Crippen LogP contribution in [0.3, 0.4) is 0 Å². The van der Waals surface area contributed by atoms with E-state index in [2.05, 4.69) is 36.0 Å². The van der Waals surface area contributed by atoms with E-state index >= 15 is 0 Å². The summed E-state index contributed by atoms with van der Waals surface area (Å²) in [5.74, 6) is -2.16. The molecule has 0 bridgehead atoms. The summed E-state index contributed by atoms with van der Waals surface area (Å²) < 4.78 is 43.8. The zero-order valence-electron chi connectivity index (χ0n) is 16.9. The van der Waals surface area contributed by atoms with E-state index in [1.54, 1.807) is 11.3 Å². The molecule has 10 heteroatoms. The molecule has 6 nitrogen and oxygen atoms in total. The van der Waals surface area contributed by atoms with Gasteiger partial charge in [0.15, 0.2) is 0 Å². The van der Waals surface area contributed by atoms with Crippen LogP contribution in [0.1, 0.15) is 43.8 Å². The lowest BCUT2D eigenvalue weighted by Gasteiger charge is -2.35. The highest BCUT2D eigenvalue weighted by Gasteiger charge is 2.40. The second-order valence-corrected chi connectivity index (χ2v) is 8.85. The zero-order valence-corrected chi connectivity index (χ0v) is 17.8. The lowest BCUT2D eigenvalue weighted by Crippen LogP contribution is -2.43. The number of rotatable bonds is 6. The molecule has 3 heterocycles. The molecule has 0 aromatic carbocycles. The number of hydrogen-bond donors (Lipinski definition) is 1. The molecule has 3 atom stereocenters. The topological polar surface area (TPSA) is 71.9 Å². The van der Waals surface area contributed by atoms with E-state index in [0.29, 0.717) is 24.2 Å². The van der Waals surface area contributed by atoms with Gasteiger partial charge in [-0.1, -0.05) is 13.8 Å². The fraction of sp³-hybridized carbons (Fsp3) is 0.789. The monoisotopic (exact) mass is 438 g/mol. The number of aromatic nitrogens is 1. The van der Waals surface area contributed by atoms with Crippen molar-refractivity contribution in [1.29, 1.82) is 0 Å². The Morgan fingerprint density at radius 2 is 2.10 bits per heavy atom. The molecule has 1 aromatic heterocycles. The summed E-state index contributed by atoms with van der Waals surface area (Å²) in [7, 11) is 0. The van der Waals surface area contributed by atoms with Crippen molar-refractivity contribution >= 4 is 17.3 Å². The van der Waals surface area contributed by atoms with Crippen molar-refractivity contribution in [3.63, 3.8) is 0 Å². The van der Waals surface area contributed by atoms with E-state index < -0.39 is 12.1 Å². The number of fused-ring (bicyclic) bond motifs is 1. The van der Waals surface area contributed by atoms with Crippen LogP contribution in [0.4, 0.5) is 13.2 Å². The van der Waals surface area contributed by atoms with E-state index in [-0.39, 0.29) is 0 Å². The van der Waals surface area contributed by atoms with Crippen molar-refractivity contribution in [1.82, 2.24) is 9.88 Å². The minimum Gasteiger partial charge on any atom is -0.475 e. The van der Waals surface area contributed by atoms with Gasteiger partial charge >= 0.3 is 12.1 Å². The lowest BCUT2D eigenvalue weighted by molar-refractivity contribution is -0.192. The fourth-order valence-corrected chi connectivity index (χ4v) is 4.13. The highest BCUT2D eigenvalue weighted by Crippen LogP contribution is 2.32. The number of carboxylic acids is 1. The number of hydrogen-bond acceptors (Lipinski definition) is 6. The molecular weight excluding hydrogens is 409 g/mol. The van der Waals surface area contributed by atoms with Crippen molar-refractivity contribution in [2.75, 3.05) is 19.8 Å². The van der Waals surface area contributed by atoms with E-state index in [9.17, 15) is 13.2 Å². The van der Waals surface area contributed by atoms with Crippen molar-refractivity contribution in [3.8, 4) is 0 Å². The minimum atomic E-state index is -5.08. The summed E-state index contributed by atoms with van der Waals surface area (Å²) in [4.78, 5) is 16.1. The molecule has 0 saturated carbocycles. The molecule has 3 rings (SSSR count). The van der Waals surface area contributed by atoms with E-state index in [1.165, 1.54) is 12.1 Å². The van der Waals surface area contributed by atoms with Gasteiger partial charge < -0.3 is 14.6 Å². The Morgan fingerprint density at radius 1 is 1.41 bits per heavy atom. The number of aryl methyl sites for hydroxylation is 1. The molecule has 1 N–H and O–H groups in total. The summed E-state index contributed by atoms with van der Waals surface area (Å²) in [6, 6.07) is 0.573. The predicted molar refractivity (Wildman–Crippen MR) is 103 cm³/mol. The number of alkyl halides is 3. The maximum absolute atomic E-state index is 10.6. The Kier molecular flexibility index (Phi) is 8.87. The van der Waals surface area contributed by atoms with Gasteiger partial charge in [0.1, 0.15) is 0 Å². The Balaban J connectivity index is 0.000000370. The number of halogens is 3. The van der Waals surface area contributed by atoms with Gasteiger partial charge in [0.05, 0.1) is 29.5 Å². The molecule has 2 fully saturated rings. The third-order valence-electron chi connectivity index (χ3n) is 4.78. The van der Waals surface area contributed by atoms with Crippen LogP contribution in [-0.2, 0) is 20.8 Å². The summed E-state index contributed by atoms with van der Waals surface area (Å²) in [5, 5.41) is 10.5. The molecular formula is C19H29F3N2O4S. The van der Waals surface area contributed by atoms with Crippen LogP contribution < -0.4 is 0 Å². The van der Waals surface area contributed by atoms with Crippen molar-refractivity contribution < 1.29 is 32.5 Å². The molecule has 29 heavy (non-hydrogen) atoms.